The Balaban J connectivity index is 2.19. The summed E-state index contributed by atoms with van der Waals surface area (Å²) in [5.74, 6) is 0.880. The summed E-state index contributed by atoms with van der Waals surface area (Å²) in [4.78, 5) is 2.43. The van der Waals surface area contributed by atoms with Gasteiger partial charge in [-0.25, -0.2) is 0 Å². The van der Waals surface area contributed by atoms with Gasteiger partial charge in [-0.2, -0.15) is 0 Å². The summed E-state index contributed by atoms with van der Waals surface area (Å²) < 4.78 is 0. The Morgan fingerprint density at radius 3 is 2.59 bits per heavy atom. The van der Waals surface area contributed by atoms with Crippen LogP contribution in [-0.4, -0.2) is 12.6 Å². The first-order valence-corrected chi connectivity index (χ1v) is 6.74. The standard InChI is InChI=1S/C14H21ClN2/c1-10(2)17(9-11-3-4-11)13-6-5-12(8-16)14(15)7-13/h5-7,10-11H,3-4,8-9,16H2,1-2H3. The van der Waals surface area contributed by atoms with Gasteiger partial charge >= 0.3 is 0 Å². The van der Waals surface area contributed by atoms with Crippen molar-refractivity contribution in [1.82, 2.24) is 0 Å². The molecule has 0 atom stereocenters. The van der Waals surface area contributed by atoms with Crippen molar-refractivity contribution in [3.05, 3.63) is 28.8 Å². The molecule has 1 saturated carbocycles. The summed E-state index contributed by atoms with van der Waals surface area (Å²) in [7, 11) is 0. The lowest BCUT2D eigenvalue weighted by molar-refractivity contribution is 0.644. The van der Waals surface area contributed by atoms with Gasteiger partial charge in [0.25, 0.3) is 0 Å². The minimum Gasteiger partial charge on any atom is -0.369 e. The highest BCUT2D eigenvalue weighted by Crippen LogP contribution is 2.33. The van der Waals surface area contributed by atoms with Crippen LogP contribution in [0.25, 0.3) is 0 Å². The van der Waals surface area contributed by atoms with Gasteiger partial charge in [-0.3, -0.25) is 0 Å². The lowest BCUT2D eigenvalue weighted by atomic mass is 10.1. The van der Waals surface area contributed by atoms with Gasteiger partial charge in [-0.05, 0) is 50.3 Å². The van der Waals surface area contributed by atoms with Crippen LogP contribution in [0.1, 0.15) is 32.3 Å². The van der Waals surface area contributed by atoms with Crippen LogP contribution in [-0.2, 0) is 6.54 Å². The molecule has 94 valence electrons. The molecule has 0 bridgehead atoms. The predicted octanol–water partition coefficient (Wildman–Crippen LogP) is 3.42. The zero-order chi connectivity index (χ0) is 12.4. The summed E-state index contributed by atoms with van der Waals surface area (Å²) in [6.07, 6.45) is 2.75. The second-order valence-corrected chi connectivity index (χ2v) is 5.58. The van der Waals surface area contributed by atoms with Gasteiger partial charge in [0, 0.05) is 29.8 Å². The quantitative estimate of drug-likeness (QED) is 0.870. The van der Waals surface area contributed by atoms with E-state index in [0.29, 0.717) is 12.6 Å². The summed E-state index contributed by atoms with van der Waals surface area (Å²) in [5, 5.41) is 0.784. The molecule has 0 heterocycles. The highest BCUT2D eigenvalue weighted by Gasteiger charge is 2.25. The van der Waals surface area contributed by atoms with Crippen molar-refractivity contribution >= 4 is 17.3 Å². The summed E-state index contributed by atoms with van der Waals surface area (Å²) in [6, 6.07) is 6.73. The second kappa shape index (κ2) is 5.28. The molecule has 0 aliphatic heterocycles. The number of nitrogens with zero attached hydrogens (tertiary/aromatic N) is 1. The van der Waals surface area contributed by atoms with E-state index in [1.807, 2.05) is 12.1 Å². The molecule has 0 aromatic heterocycles. The lowest BCUT2D eigenvalue weighted by Gasteiger charge is -2.29. The Kier molecular flexibility index (Phi) is 3.95. The molecule has 3 heteroatoms. The zero-order valence-electron chi connectivity index (χ0n) is 10.6. The number of benzene rings is 1. The fraction of sp³-hybridized carbons (Fsp3) is 0.571. The van der Waals surface area contributed by atoms with Gasteiger partial charge in [0.1, 0.15) is 0 Å². The Morgan fingerprint density at radius 2 is 2.12 bits per heavy atom. The van der Waals surface area contributed by atoms with Crippen LogP contribution in [0.3, 0.4) is 0 Å². The molecule has 1 aromatic rings. The van der Waals surface area contributed by atoms with E-state index in [0.717, 1.165) is 23.0 Å². The Hall–Kier alpha value is -0.730. The van der Waals surface area contributed by atoms with E-state index in [2.05, 4.69) is 24.8 Å². The molecule has 0 saturated heterocycles. The van der Waals surface area contributed by atoms with E-state index in [9.17, 15) is 0 Å². The maximum Gasteiger partial charge on any atom is 0.0471 e. The number of nitrogens with two attached hydrogens (primary N) is 1. The van der Waals surface area contributed by atoms with Gasteiger partial charge < -0.3 is 10.6 Å². The zero-order valence-corrected chi connectivity index (χ0v) is 11.4. The van der Waals surface area contributed by atoms with Crippen LogP contribution >= 0.6 is 11.6 Å². The van der Waals surface area contributed by atoms with Gasteiger partial charge in [0.2, 0.25) is 0 Å². The first-order valence-electron chi connectivity index (χ1n) is 6.37. The average Bonchev–Trinajstić information content (AvgIpc) is 3.09. The van der Waals surface area contributed by atoms with Gasteiger partial charge in [0.15, 0.2) is 0 Å². The molecule has 2 N–H and O–H groups in total. The van der Waals surface area contributed by atoms with Crippen LogP contribution in [0, 0.1) is 5.92 Å². The average molecular weight is 253 g/mol. The van der Waals surface area contributed by atoms with Crippen molar-refractivity contribution in [1.29, 1.82) is 0 Å². The fourth-order valence-corrected chi connectivity index (χ4v) is 2.33. The minimum atomic E-state index is 0.503. The molecule has 1 aromatic carbocycles. The number of hydrogen-bond donors (Lipinski definition) is 1. The van der Waals surface area contributed by atoms with Gasteiger partial charge in [-0.15, -0.1) is 0 Å². The molecular formula is C14H21ClN2. The molecular weight excluding hydrogens is 232 g/mol. The highest BCUT2D eigenvalue weighted by molar-refractivity contribution is 6.31. The first kappa shape index (κ1) is 12.7. The first-order chi connectivity index (χ1) is 8.11. The van der Waals surface area contributed by atoms with Gasteiger partial charge in [-0.1, -0.05) is 17.7 Å². The topological polar surface area (TPSA) is 29.3 Å². The van der Waals surface area contributed by atoms with Crippen LogP contribution in [0.5, 0.6) is 0 Å². The number of anilines is 1. The third kappa shape index (κ3) is 3.14. The molecule has 17 heavy (non-hydrogen) atoms. The molecule has 2 nitrogen and oxygen atoms in total. The maximum absolute atomic E-state index is 6.22. The van der Waals surface area contributed by atoms with Crippen LogP contribution < -0.4 is 10.6 Å². The molecule has 1 aliphatic carbocycles. The van der Waals surface area contributed by atoms with Crippen LogP contribution in [0.15, 0.2) is 18.2 Å². The van der Waals surface area contributed by atoms with Crippen molar-refractivity contribution < 1.29 is 0 Å². The molecule has 0 spiro atoms. The van der Waals surface area contributed by atoms with E-state index >= 15 is 0 Å². The molecule has 0 unspecified atom stereocenters. The third-order valence-electron chi connectivity index (χ3n) is 3.36. The normalized spacial score (nSPS) is 15.4. The Labute approximate surface area is 109 Å². The minimum absolute atomic E-state index is 0.503. The van der Waals surface area contributed by atoms with E-state index in [1.54, 1.807) is 0 Å². The molecule has 0 radical (unpaired) electrons. The van der Waals surface area contributed by atoms with E-state index in [4.69, 9.17) is 17.3 Å². The number of hydrogen-bond acceptors (Lipinski definition) is 2. The van der Waals surface area contributed by atoms with E-state index in [1.165, 1.54) is 18.5 Å². The predicted molar refractivity (Wildman–Crippen MR) is 74.5 cm³/mol. The summed E-state index contributed by atoms with van der Waals surface area (Å²) >= 11 is 6.22. The van der Waals surface area contributed by atoms with Crippen LogP contribution in [0.4, 0.5) is 5.69 Å². The van der Waals surface area contributed by atoms with Crippen molar-refractivity contribution in [3.63, 3.8) is 0 Å². The smallest absolute Gasteiger partial charge is 0.0471 e. The maximum atomic E-state index is 6.22. The summed E-state index contributed by atoms with van der Waals surface area (Å²) in [6.45, 7) is 6.11. The number of halogens is 1. The largest absolute Gasteiger partial charge is 0.369 e. The highest BCUT2D eigenvalue weighted by atomic mass is 35.5. The molecule has 1 aliphatic rings. The van der Waals surface area contributed by atoms with Gasteiger partial charge in [0.05, 0.1) is 0 Å². The SMILES string of the molecule is CC(C)N(CC1CC1)c1ccc(CN)c(Cl)c1. The Bertz CT molecular complexity index is 386. The third-order valence-corrected chi connectivity index (χ3v) is 3.72. The lowest BCUT2D eigenvalue weighted by Crippen LogP contribution is -2.32. The van der Waals surface area contributed by atoms with E-state index in [-0.39, 0.29) is 0 Å². The van der Waals surface area contributed by atoms with Crippen molar-refractivity contribution in [2.24, 2.45) is 11.7 Å². The molecule has 0 amide bonds. The Morgan fingerprint density at radius 1 is 1.41 bits per heavy atom. The van der Waals surface area contributed by atoms with Crippen LogP contribution in [0.2, 0.25) is 5.02 Å². The van der Waals surface area contributed by atoms with Crippen molar-refractivity contribution in [3.8, 4) is 0 Å². The monoisotopic (exact) mass is 252 g/mol. The fourth-order valence-electron chi connectivity index (χ4n) is 2.07. The van der Waals surface area contributed by atoms with Crippen molar-refractivity contribution in [2.45, 2.75) is 39.3 Å². The second-order valence-electron chi connectivity index (χ2n) is 5.17. The van der Waals surface area contributed by atoms with Crippen molar-refractivity contribution in [2.75, 3.05) is 11.4 Å². The number of rotatable bonds is 5. The summed E-state index contributed by atoms with van der Waals surface area (Å²) in [5.41, 5.74) is 7.87. The van der Waals surface area contributed by atoms with E-state index < -0.39 is 0 Å². The molecule has 1 fully saturated rings. The molecule has 2 rings (SSSR count).